The number of carbonyl (C=O) groups is 2. The van der Waals surface area contributed by atoms with E-state index >= 15 is 0 Å². The lowest BCUT2D eigenvalue weighted by Gasteiger charge is -2.10. The van der Waals surface area contributed by atoms with Crippen molar-refractivity contribution in [2.45, 2.75) is 6.92 Å². The molecule has 21 heavy (non-hydrogen) atoms. The molecule has 0 bridgehead atoms. The molecule has 2 rings (SSSR count). The first-order valence-electron chi connectivity index (χ1n) is 5.99. The van der Waals surface area contributed by atoms with Gasteiger partial charge in [-0.15, -0.1) is 0 Å². The minimum absolute atomic E-state index is 0.0916. The Morgan fingerprint density at radius 2 is 1.95 bits per heavy atom. The van der Waals surface area contributed by atoms with Gasteiger partial charge in [0.15, 0.2) is 0 Å². The monoisotopic (exact) mass is 351 g/mol. The number of carboxylic acids is 1. The molecule has 0 aliphatic rings. The van der Waals surface area contributed by atoms with Crippen LogP contribution in [0.15, 0.2) is 40.9 Å². The quantitative estimate of drug-likeness (QED) is 0.882. The third kappa shape index (κ3) is 3.28. The van der Waals surface area contributed by atoms with Crippen LogP contribution < -0.4 is 5.32 Å². The van der Waals surface area contributed by atoms with Crippen molar-refractivity contribution >= 4 is 33.5 Å². The lowest BCUT2D eigenvalue weighted by Crippen LogP contribution is -2.15. The molecule has 1 amide bonds. The van der Waals surface area contributed by atoms with Gasteiger partial charge in [0.05, 0.1) is 15.6 Å². The molecule has 0 radical (unpaired) electrons. The zero-order valence-electron chi connectivity index (χ0n) is 11.0. The van der Waals surface area contributed by atoms with E-state index in [1.807, 2.05) is 0 Å². The molecule has 0 atom stereocenters. The first kappa shape index (κ1) is 15.2. The van der Waals surface area contributed by atoms with Crippen molar-refractivity contribution in [2.75, 3.05) is 5.32 Å². The second kappa shape index (κ2) is 6.05. The van der Waals surface area contributed by atoms with Crippen molar-refractivity contribution < 1.29 is 19.1 Å². The van der Waals surface area contributed by atoms with Gasteiger partial charge >= 0.3 is 5.97 Å². The van der Waals surface area contributed by atoms with E-state index < -0.39 is 17.7 Å². The summed E-state index contributed by atoms with van der Waals surface area (Å²) in [6, 6.07) is 8.72. The molecule has 0 aliphatic heterocycles. The summed E-state index contributed by atoms with van der Waals surface area (Å²) >= 11 is 3.02. The van der Waals surface area contributed by atoms with Gasteiger partial charge in [0.1, 0.15) is 5.82 Å². The minimum Gasteiger partial charge on any atom is -0.478 e. The average Bonchev–Trinajstić information content (AvgIpc) is 2.43. The molecule has 0 unspecified atom stereocenters. The van der Waals surface area contributed by atoms with E-state index in [1.54, 1.807) is 13.0 Å². The number of carboxylic acid groups (broad SMARTS) is 1. The Bertz CT molecular complexity index is 731. The molecular formula is C15H11BrFNO3. The van der Waals surface area contributed by atoms with Crippen LogP contribution in [0.5, 0.6) is 0 Å². The van der Waals surface area contributed by atoms with Gasteiger partial charge in [0.2, 0.25) is 0 Å². The number of benzene rings is 2. The summed E-state index contributed by atoms with van der Waals surface area (Å²) in [5.41, 5.74) is 1.05. The van der Waals surface area contributed by atoms with Gasteiger partial charge in [-0.2, -0.15) is 0 Å². The van der Waals surface area contributed by atoms with Crippen LogP contribution in [0.1, 0.15) is 26.3 Å². The fraction of sp³-hybridized carbons (Fsp3) is 0.0667. The number of carbonyl (C=O) groups excluding carboxylic acids is 1. The third-order valence-corrected chi connectivity index (χ3v) is 3.53. The predicted octanol–water partition coefficient (Wildman–Crippen LogP) is 3.85. The number of halogens is 2. The maximum absolute atomic E-state index is 13.8. The van der Waals surface area contributed by atoms with Crippen molar-refractivity contribution in [1.29, 1.82) is 0 Å². The van der Waals surface area contributed by atoms with Crippen molar-refractivity contribution in [3.05, 3.63) is 63.4 Å². The van der Waals surface area contributed by atoms with Crippen molar-refractivity contribution in [3.8, 4) is 0 Å². The number of hydrogen-bond donors (Lipinski definition) is 2. The van der Waals surface area contributed by atoms with Gasteiger partial charge in [-0.1, -0.05) is 6.07 Å². The average molecular weight is 352 g/mol. The van der Waals surface area contributed by atoms with E-state index in [4.69, 9.17) is 5.11 Å². The maximum Gasteiger partial charge on any atom is 0.335 e. The fourth-order valence-corrected chi connectivity index (χ4v) is 2.17. The van der Waals surface area contributed by atoms with Crippen LogP contribution in [0, 0.1) is 12.7 Å². The maximum atomic E-state index is 13.8. The van der Waals surface area contributed by atoms with Gasteiger partial charge in [-0.25, -0.2) is 9.18 Å². The second-order valence-electron chi connectivity index (χ2n) is 4.39. The molecule has 4 nitrogen and oxygen atoms in total. The summed E-state index contributed by atoms with van der Waals surface area (Å²) in [5, 5.41) is 11.5. The normalized spacial score (nSPS) is 10.2. The van der Waals surface area contributed by atoms with Crippen LogP contribution in [0.2, 0.25) is 0 Å². The summed E-state index contributed by atoms with van der Waals surface area (Å²) < 4.78 is 14.0. The highest BCUT2D eigenvalue weighted by Crippen LogP contribution is 2.21. The molecule has 2 aromatic carbocycles. The van der Waals surface area contributed by atoms with E-state index in [0.717, 1.165) is 0 Å². The highest BCUT2D eigenvalue weighted by Gasteiger charge is 2.15. The van der Waals surface area contributed by atoms with Crippen LogP contribution in [0.4, 0.5) is 10.1 Å². The van der Waals surface area contributed by atoms with Crippen molar-refractivity contribution in [2.24, 2.45) is 0 Å². The SMILES string of the molecule is Cc1cc(C(=O)O)ccc1NC(=O)c1cccc(Br)c1F. The molecule has 2 aromatic rings. The summed E-state index contributed by atoms with van der Waals surface area (Å²) in [5.74, 6) is -2.29. The van der Waals surface area contributed by atoms with Gasteiger partial charge in [0.25, 0.3) is 5.91 Å². The largest absolute Gasteiger partial charge is 0.478 e. The van der Waals surface area contributed by atoms with Gasteiger partial charge in [0, 0.05) is 5.69 Å². The molecular weight excluding hydrogens is 341 g/mol. The number of anilines is 1. The molecule has 0 saturated carbocycles. The van der Waals surface area contributed by atoms with E-state index in [-0.39, 0.29) is 15.6 Å². The van der Waals surface area contributed by atoms with E-state index in [0.29, 0.717) is 11.3 Å². The van der Waals surface area contributed by atoms with Gasteiger partial charge < -0.3 is 10.4 Å². The number of aromatic carboxylic acids is 1. The first-order chi connectivity index (χ1) is 9.90. The van der Waals surface area contributed by atoms with Crippen LogP contribution >= 0.6 is 15.9 Å². The molecule has 6 heteroatoms. The molecule has 0 aliphatic carbocycles. The number of nitrogens with one attached hydrogen (secondary N) is 1. The van der Waals surface area contributed by atoms with E-state index in [1.165, 1.54) is 30.3 Å². The highest BCUT2D eigenvalue weighted by molar-refractivity contribution is 9.10. The Balaban J connectivity index is 2.28. The predicted molar refractivity (Wildman–Crippen MR) is 80.2 cm³/mol. The van der Waals surface area contributed by atoms with Gasteiger partial charge in [-0.3, -0.25) is 4.79 Å². The number of aryl methyl sites for hydroxylation is 1. The lowest BCUT2D eigenvalue weighted by molar-refractivity contribution is 0.0696. The van der Waals surface area contributed by atoms with E-state index in [9.17, 15) is 14.0 Å². The Morgan fingerprint density at radius 3 is 2.57 bits per heavy atom. The molecule has 0 heterocycles. The molecule has 108 valence electrons. The Morgan fingerprint density at radius 1 is 1.24 bits per heavy atom. The minimum atomic E-state index is -1.05. The lowest BCUT2D eigenvalue weighted by atomic mass is 10.1. The summed E-state index contributed by atoms with van der Waals surface area (Å²) in [6.45, 7) is 1.67. The Labute approximate surface area is 128 Å². The number of rotatable bonds is 3. The topological polar surface area (TPSA) is 66.4 Å². The van der Waals surface area contributed by atoms with Crippen LogP contribution in [-0.4, -0.2) is 17.0 Å². The Hall–Kier alpha value is -2.21. The number of amides is 1. The third-order valence-electron chi connectivity index (χ3n) is 2.92. The summed E-state index contributed by atoms with van der Waals surface area (Å²) in [4.78, 5) is 22.9. The smallest absolute Gasteiger partial charge is 0.335 e. The molecule has 0 aromatic heterocycles. The van der Waals surface area contributed by atoms with Gasteiger partial charge in [-0.05, 0) is 58.7 Å². The summed E-state index contributed by atoms with van der Waals surface area (Å²) in [7, 11) is 0. The summed E-state index contributed by atoms with van der Waals surface area (Å²) in [6.07, 6.45) is 0. The van der Waals surface area contributed by atoms with Crippen LogP contribution in [-0.2, 0) is 0 Å². The standard InChI is InChI=1S/C15H11BrFNO3/c1-8-7-9(15(20)21)5-6-12(8)18-14(19)10-3-2-4-11(16)13(10)17/h2-7H,1H3,(H,18,19)(H,20,21). The van der Waals surface area contributed by atoms with Crippen LogP contribution in [0.25, 0.3) is 0 Å². The Kier molecular flexibility index (Phi) is 4.37. The second-order valence-corrected chi connectivity index (χ2v) is 5.24. The first-order valence-corrected chi connectivity index (χ1v) is 6.78. The zero-order chi connectivity index (χ0) is 15.6. The molecule has 0 spiro atoms. The number of hydrogen-bond acceptors (Lipinski definition) is 2. The fourth-order valence-electron chi connectivity index (χ4n) is 1.81. The van der Waals surface area contributed by atoms with Crippen LogP contribution in [0.3, 0.4) is 0 Å². The van der Waals surface area contributed by atoms with E-state index in [2.05, 4.69) is 21.2 Å². The molecule has 0 fully saturated rings. The molecule has 0 saturated heterocycles. The zero-order valence-corrected chi connectivity index (χ0v) is 12.6. The van der Waals surface area contributed by atoms with Crippen molar-refractivity contribution in [3.63, 3.8) is 0 Å². The highest BCUT2D eigenvalue weighted by atomic mass is 79.9. The molecule has 2 N–H and O–H groups in total. The van der Waals surface area contributed by atoms with Crippen molar-refractivity contribution in [1.82, 2.24) is 0 Å².